The Morgan fingerprint density at radius 2 is 0.968 bits per heavy atom. The van der Waals surface area contributed by atoms with Gasteiger partial charge in [0.25, 0.3) is 20.2 Å². The van der Waals surface area contributed by atoms with Gasteiger partial charge in [-0.05, 0) is 35.4 Å². The van der Waals surface area contributed by atoms with Gasteiger partial charge < -0.3 is 0 Å². The van der Waals surface area contributed by atoms with E-state index in [1.54, 1.807) is 0 Å². The molecule has 172 valence electrons. The molecule has 16 heteroatoms. The molecule has 0 amide bonds. The lowest BCUT2D eigenvalue weighted by Gasteiger charge is -2.21. The van der Waals surface area contributed by atoms with E-state index in [-0.39, 0.29) is 0 Å². The van der Waals surface area contributed by atoms with Gasteiger partial charge in [-0.1, -0.05) is 23.2 Å². The van der Waals surface area contributed by atoms with E-state index in [1.807, 2.05) is 0 Å². The fourth-order valence-corrected chi connectivity index (χ4v) is 4.70. The van der Waals surface area contributed by atoms with Crippen molar-refractivity contribution in [3.8, 4) is 0 Å². The lowest BCUT2D eigenvalue weighted by molar-refractivity contribution is -0.140. The Kier molecular flexibility index (Phi) is 6.69. The average Bonchev–Trinajstić information content (AvgIpc) is 2.53. The van der Waals surface area contributed by atoms with Crippen molar-refractivity contribution in [3.05, 3.63) is 56.6 Å². The predicted molar refractivity (Wildman–Crippen MR) is 95.3 cm³/mol. The molecular formula is C15H8Cl2F6O6S2. The Balaban J connectivity index is 3.00. The second-order valence-corrected chi connectivity index (χ2v) is 9.51. The lowest BCUT2D eigenvalue weighted by atomic mass is 9.95. The number of hydrogen-bond donors (Lipinski definition) is 2. The molecule has 0 fully saturated rings. The number of rotatable bonds is 4. The molecule has 0 aliphatic heterocycles. The fraction of sp³-hybridized carbons (Fsp3) is 0.200. The van der Waals surface area contributed by atoms with Gasteiger partial charge in [0.05, 0.1) is 11.1 Å². The maximum absolute atomic E-state index is 13.6. The maximum Gasteiger partial charge on any atom is 0.418 e. The van der Waals surface area contributed by atoms with Crippen molar-refractivity contribution in [2.45, 2.75) is 28.6 Å². The minimum absolute atomic E-state index is 0.296. The van der Waals surface area contributed by atoms with Crippen LogP contribution in [0.2, 0.25) is 10.0 Å². The van der Waals surface area contributed by atoms with Crippen LogP contribution in [0.5, 0.6) is 0 Å². The first-order valence-electron chi connectivity index (χ1n) is 7.48. The summed E-state index contributed by atoms with van der Waals surface area (Å²) in [5, 5.41) is -1.69. The van der Waals surface area contributed by atoms with Gasteiger partial charge in [0.1, 0.15) is 9.79 Å². The quantitative estimate of drug-likeness (QED) is 0.418. The summed E-state index contributed by atoms with van der Waals surface area (Å²) >= 11 is 11.4. The van der Waals surface area contributed by atoms with E-state index in [2.05, 4.69) is 0 Å². The van der Waals surface area contributed by atoms with E-state index >= 15 is 0 Å². The van der Waals surface area contributed by atoms with Crippen LogP contribution >= 0.6 is 23.2 Å². The van der Waals surface area contributed by atoms with Crippen LogP contribution in [0, 0.1) is 0 Å². The van der Waals surface area contributed by atoms with Crippen LogP contribution in [0.4, 0.5) is 26.3 Å². The van der Waals surface area contributed by atoms with Crippen molar-refractivity contribution in [2.75, 3.05) is 0 Å². The van der Waals surface area contributed by atoms with Crippen LogP contribution in [0.15, 0.2) is 34.1 Å². The Labute approximate surface area is 180 Å². The van der Waals surface area contributed by atoms with E-state index in [0.717, 1.165) is 0 Å². The predicted octanol–water partition coefficient (Wildman–Crippen LogP) is 5.12. The summed E-state index contributed by atoms with van der Waals surface area (Å²) in [5.74, 6) is 0. The summed E-state index contributed by atoms with van der Waals surface area (Å²) in [7, 11) is -11.0. The summed E-state index contributed by atoms with van der Waals surface area (Å²) in [6.45, 7) is 0. The number of hydrogen-bond acceptors (Lipinski definition) is 4. The molecule has 0 aliphatic rings. The van der Waals surface area contributed by atoms with E-state index in [4.69, 9.17) is 32.3 Å². The monoisotopic (exact) mass is 532 g/mol. The highest BCUT2D eigenvalue weighted by Crippen LogP contribution is 2.44. The SMILES string of the molecule is O=S(=O)(O)c1ccc(Cl)c(Cc2c(Cl)ccc(S(=O)(=O)O)c2C(F)(F)F)c1C(F)(F)F. The second-order valence-electron chi connectivity index (χ2n) is 5.92. The summed E-state index contributed by atoms with van der Waals surface area (Å²) < 4.78 is 145. The summed E-state index contributed by atoms with van der Waals surface area (Å²) in [4.78, 5) is -3.37. The number of benzene rings is 2. The highest BCUT2D eigenvalue weighted by atomic mass is 35.5. The lowest BCUT2D eigenvalue weighted by Crippen LogP contribution is -2.19. The zero-order valence-electron chi connectivity index (χ0n) is 14.4. The molecule has 6 nitrogen and oxygen atoms in total. The first-order chi connectivity index (χ1) is 13.8. The largest absolute Gasteiger partial charge is 0.418 e. The van der Waals surface area contributed by atoms with Crippen molar-refractivity contribution in [2.24, 2.45) is 0 Å². The fourth-order valence-electron chi connectivity index (χ4n) is 2.78. The van der Waals surface area contributed by atoms with E-state index in [9.17, 15) is 43.2 Å². The van der Waals surface area contributed by atoms with E-state index < -0.39 is 81.1 Å². The van der Waals surface area contributed by atoms with Gasteiger partial charge in [-0.3, -0.25) is 9.11 Å². The van der Waals surface area contributed by atoms with Crippen LogP contribution in [0.25, 0.3) is 0 Å². The van der Waals surface area contributed by atoms with Crippen molar-refractivity contribution in [3.63, 3.8) is 0 Å². The minimum atomic E-state index is -5.52. The minimum Gasteiger partial charge on any atom is -0.282 e. The molecule has 0 aliphatic carbocycles. The van der Waals surface area contributed by atoms with Gasteiger partial charge in [0.15, 0.2) is 0 Å². The summed E-state index contributed by atoms with van der Waals surface area (Å²) in [6.07, 6.45) is -12.5. The normalized spacial score (nSPS) is 13.5. The van der Waals surface area contributed by atoms with Gasteiger partial charge >= 0.3 is 12.4 Å². The Bertz CT molecular complexity index is 1160. The van der Waals surface area contributed by atoms with Gasteiger partial charge in [0, 0.05) is 16.5 Å². The second kappa shape index (κ2) is 8.08. The van der Waals surface area contributed by atoms with Gasteiger partial charge in [-0.2, -0.15) is 43.2 Å². The number of alkyl halides is 6. The first-order valence-corrected chi connectivity index (χ1v) is 11.1. The highest BCUT2D eigenvalue weighted by Gasteiger charge is 2.43. The molecule has 2 aromatic rings. The molecule has 0 saturated carbocycles. The standard InChI is InChI=1S/C15H8Cl2F6O6S2/c16-8-1-3-10(30(24,25)26)12(14(18,19)20)6(8)5-7-9(17)2-4-11(31(27,28)29)13(7)15(21,22)23/h1-4H,5H2,(H,24,25,26)(H,27,28,29). The smallest absolute Gasteiger partial charge is 0.282 e. The van der Waals surface area contributed by atoms with Crippen molar-refractivity contribution >= 4 is 43.4 Å². The van der Waals surface area contributed by atoms with Crippen LogP contribution in [-0.4, -0.2) is 25.9 Å². The zero-order chi connectivity index (χ0) is 24.2. The van der Waals surface area contributed by atoms with Crippen LogP contribution in [0.3, 0.4) is 0 Å². The Morgan fingerprint density at radius 3 is 1.19 bits per heavy atom. The molecule has 0 bridgehead atoms. The topological polar surface area (TPSA) is 109 Å². The van der Waals surface area contributed by atoms with Crippen molar-refractivity contribution in [1.82, 2.24) is 0 Å². The van der Waals surface area contributed by atoms with Gasteiger partial charge in [0.2, 0.25) is 0 Å². The van der Waals surface area contributed by atoms with Gasteiger partial charge in [-0.15, -0.1) is 0 Å². The van der Waals surface area contributed by atoms with Crippen LogP contribution in [0.1, 0.15) is 22.3 Å². The maximum atomic E-state index is 13.6. The van der Waals surface area contributed by atoms with Gasteiger partial charge in [-0.25, -0.2) is 0 Å². The molecule has 0 aromatic heterocycles. The van der Waals surface area contributed by atoms with Crippen LogP contribution in [-0.2, 0) is 39.0 Å². The van der Waals surface area contributed by atoms with E-state index in [1.165, 1.54) is 0 Å². The first kappa shape index (κ1) is 25.7. The van der Waals surface area contributed by atoms with E-state index in [0.29, 0.717) is 24.3 Å². The Morgan fingerprint density at radius 1 is 0.677 bits per heavy atom. The third kappa shape index (κ3) is 5.43. The molecule has 2 rings (SSSR count). The third-order valence-corrected chi connectivity index (χ3v) is 6.41. The van der Waals surface area contributed by atoms with Crippen molar-refractivity contribution < 1.29 is 52.3 Å². The van der Waals surface area contributed by atoms with Crippen LogP contribution < -0.4 is 0 Å². The molecule has 0 unspecified atom stereocenters. The molecule has 0 atom stereocenters. The molecule has 0 saturated heterocycles. The summed E-state index contributed by atoms with van der Waals surface area (Å²) in [5.41, 5.74) is -6.60. The number of halogens is 8. The molecule has 2 N–H and O–H groups in total. The summed E-state index contributed by atoms with van der Waals surface area (Å²) in [6, 6.07) is 1.77. The molecule has 0 radical (unpaired) electrons. The highest BCUT2D eigenvalue weighted by molar-refractivity contribution is 7.86. The van der Waals surface area contributed by atoms with Crippen molar-refractivity contribution in [1.29, 1.82) is 0 Å². The molecular weight excluding hydrogens is 525 g/mol. The molecule has 31 heavy (non-hydrogen) atoms. The molecule has 2 aromatic carbocycles. The zero-order valence-corrected chi connectivity index (χ0v) is 17.5. The molecule has 0 heterocycles. The molecule has 0 spiro atoms. The third-order valence-electron chi connectivity index (χ3n) is 3.91. The Hall–Kier alpha value is -1.58. The average molecular weight is 533 g/mol.